The third-order valence-electron chi connectivity index (χ3n) is 5.81. The Morgan fingerprint density at radius 3 is 2.51 bits per heavy atom. The third-order valence-corrected chi connectivity index (χ3v) is 7.47. The minimum Gasteiger partial charge on any atom is -0.417 e. The van der Waals surface area contributed by atoms with Crippen molar-refractivity contribution in [2.24, 2.45) is 0 Å². The average Bonchev–Trinajstić information content (AvgIpc) is 3.16. The van der Waals surface area contributed by atoms with Crippen molar-refractivity contribution in [2.75, 3.05) is 11.5 Å². The molecule has 3 aromatic rings. The molecule has 0 atom stereocenters. The highest BCUT2D eigenvalue weighted by Crippen LogP contribution is 2.32. The molecule has 0 spiro atoms. The minimum absolute atomic E-state index is 0.0211. The van der Waals surface area contributed by atoms with E-state index < -0.39 is 39.6 Å². The van der Waals surface area contributed by atoms with Crippen molar-refractivity contribution < 1.29 is 31.1 Å². The van der Waals surface area contributed by atoms with E-state index in [1.165, 1.54) is 10.7 Å². The maximum Gasteiger partial charge on any atom is 0.388 e. The average molecular weight is 513 g/mol. The molecule has 10 nitrogen and oxygen atoms in total. The van der Waals surface area contributed by atoms with Crippen molar-refractivity contribution >= 4 is 26.8 Å². The van der Waals surface area contributed by atoms with Gasteiger partial charge in [0.1, 0.15) is 21.0 Å². The predicted octanol–water partition coefficient (Wildman–Crippen LogP) is 2.91. The van der Waals surface area contributed by atoms with Crippen LogP contribution in [0.5, 0.6) is 5.88 Å². The summed E-state index contributed by atoms with van der Waals surface area (Å²) in [5, 5.41) is 15.3. The zero-order valence-corrected chi connectivity index (χ0v) is 19.9. The number of halogens is 3. The number of nitrogens with zero attached hydrogens (tertiary/aromatic N) is 5. The Morgan fingerprint density at radius 1 is 1.20 bits per heavy atom. The number of hydrogen-bond acceptors (Lipinski definition) is 8. The molecule has 3 aromatic heterocycles. The fourth-order valence-electron chi connectivity index (χ4n) is 3.83. The summed E-state index contributed by atoms with van der Waals surface area (Å²) >= 11 is 0. The summed E-state index contributed by atoms with van der Waals surface area (Å²) < 4.78 is 69.1. The van der Waals surface area contributed by atoms with Gasteiger partial charge in [-0.3, -0.25) is 9.48 Å². The van der Waals surface area contributed by atoms with Crippen LogP contribution in [0, 0.1) is 5.82 Å². The van der Waals surface area contributed by atoms with E-state index >= 15 is 0 Å². The monoisotopic (exact) mass is 512 g/mol. The van der Waals surface area contributed by atoms with Crippen molar-refractivity contribution in [1.29, 1.82) is 0 Å². The van der Waals surface area contributed by atoms with Crippen molar-refractivity contribution in [3.8, 4) is 17.1 Å². The summed E-state index contributed by atoms with van der Waals surface area (Å²) in [6.45, 7) is 2.26. The fourth-order valence-corrected chi connectivity index (χ4v) is 5.56. The number of sulfone groups is 1. The van der Waals surface area contributed by atoms with Gasteiger partial charge < -0.3 is 10.1 Å². The first-order valence-electron chi connectivity index (χ1n) is 10.8. The van der Waals surface area contributed by atoms with Crippen LogP contribution in [0.15, 0.2) is 18.3 Å². The van der Waals surface area contributed by atoms with Gasteiger partial charge in [0.25, 0.3) is 5.91 Å². The van der Waals surface area contributed by atoms with Crippen LogP contribution < -0.4 is 10.1 Å². The summed E-state index contributed by atoms with van der Waals surface area (Å²) in [6.07, 6.45) is 1.29. The molecule has 1 aliphatic heterocycles. The second kappa shape index (κ2) is 9.06. The van der Waals surface area contributed by atoms with Crippen molar-refractivity contribution in [3.05, 3.63) is 29.8 Å². The number of nitrogens with one attached hydrogen (secondary N) is 1. The molecule has 0 saturated carbocycles. The normalized spacial score (nSPS) is 17.1. The smallest absolute Gasteiger partial charge is 0.388 e. The number of alkyl halides is 2. The van der Waals surface area contributed by atoms with Gasteiger partial charge in [0.15, 0.2) is 11.5 Å². The SMILES string of the molecule is CC(C)n1nc(-c2cc(OC(F)F)ncc2F)c2nnc(C(=O)NC3(C)CCS(=O)(=O)CC3)cc21. The van der Waals surface area contributed by atoms with Gasteiger partial charge >= 0.3 is 6.61 Å². The Balaban J connectivity index is 1.71. The van der Waals surface area contributed by atoms with E-state index in [0.717, 1.165) is 12.3 Å². The molecule has 35 heavy (non-hydrogen) atoms. The van der Waals surface area contributed by atoms with Gasteiger partial charge in [-0.25, -0.2) is 17.8 Å². The molecule has 1 amide bonds. The first-order valence-corrected chi connectivity index (χ1v) is 12.6. The van der Waals surface area contributed by atoms with Gasteiger partial charge in [0.05, 0.1) is 23.2 Å². The van der Waals surface area contributed by atoms with Crippen molar-refractivity contribution in [1.82, 2.24) is 30.3 Å². The number of carbonyl (C=O) groups is 1. The highest BCUT2D eigenvalue weighted by Gasteiger charge is 2.35. The highest BCUT2D eigenvalue weighted by molar-refractivity contribution is 7.91. The quantitative estimate of drug-likeness (QED) is 0.534. The molecule has 4 heterocycles. The molecular formula is C21H23F3N6O4S. The lowest BCUT2D eigenvalue weighted by Crippen LogP contribution is -2.51. The molecule has 1 saturated heterocycles. The maximum absolute atomic E-state index is 14.6. The molecule has 0 bridgehead atoms. The summed E-state index contributed by atoms with van der Waals surface area (Å²) in [4.78, 5) is 16.4. The van der Waals surface area contributed by atoms with Gasteiger partial charge in [-0.2, -0.15) is 13.9 Å². The van der Waals surface area contributed by atoms with Gasteiger partial charge in [-0.05, 0) is 39.7 Å². The number of fused-ring (bicyclic) bond motifs is 1. The standard InChI is InChI=1S/C21H23F3N6O4S/c1-11(2)30-15-9-14(19(31)26-21(3)4-6-35(32,33)7-5-21)27-28-18(15)17(29-30)12-8-16(34-20(23)24)25-10-13(12)22/h8-11,20H,4-7H2,1-3H3,(H,26,31). The molecular weight excluding hydrogens is 489 g/mol. The molecule has 1 aliphatic rings. The fraction of sp³-hybridized carbons (Fsp3) is 0.476. The topological polar surface area (TPSA) is 129 Å². The summed E-state index contributed by atoms with van der Waals surface area (Å²) in [5.74, 6) is -1.90. The van der Waals surface area contributed by atoms with E-state index in [4.69, 9.17) is 0 Å². The van der Waals surface area contributed by atoms with E-state index in [9.17, 15) is 26.4 Å². The summed E-state index contributed by atoms with van der Waals surface area (Å²) in [7, 11) is -3.11. The van der Waals surface area contributed by atoms with Crippen LogP contribution in [-0.2, 0) is 9.84 Å². The Hall–Kier alpha value is -3.29. The van der Waals surface area contributed by atoms with Crippen LogP contribution >= 0.6 is 0 Å². The molecule has 1 N–H and O–H groups in total. The largest absolute Gasteiger partial charge is 0.417 e. The third kappa shape index (κ3) is 5.21. The lowest BCUT2D eigenvalue weighted by molar-refractivity contribution is -0.0528. The van der Waals surface area contributed by atoms with Crippen LogP contribution in [0.1, 0.15) is 50.1 Å². The zero-order chi connectivity index (χ0) is 25.5. The van der Waals surface area contributed by atoms with Gasteiger partial charge in [0, 0.05) is 23.2 Å². The van der Waals surface area contributed by atoms with Crippen LogP contribution in [0.4, 0.5) is 13.2 Å². The molecule has 0 aliphatic carbocycles. The van der Waals surface area contributed by atoms with E-state index in [0.29, 0.717) is 5.52 Å². The summed E-state index contributed by atoms with van der Waals surface area (Å²) in [6, 6.07) is 2.22. The number of amides is 1. The molecule has 4 rings (SSSR count). The maximum atomic E-state index is 14.6. The second-order valence-electron chi connectivity index (χ2n) is 8.90. The van der Waals surface area contributed by atoms with Crippen LogP contribution in [0.2, 0.25) is 0 Å². The zero-order valence-electron chi connectivity index (χ0n) is 19.1. The van der Waals surface area contributed by atoms with Crippen LogP contribution in [0.25, 0.3) is 22.3 Å². The van der Waals surface area contributed by atoms with Crippen LogP contribution in [0.3, 0.4) is 0 Å². The molecule has 188 valence electrons. The number of carbonyl (C=O) groups excluding carboxylic acids is 1. The first-order chi connectivity index (χ1) is 16.4. The first kappa shape index (κ1) is 24.8. The van der Waals surface area contributed by atoms with Crippen molar-refractivity contribution in [2.45, 2.75) is 51.8 Å². The number of aromatic nitrogens is 5. The van der Waals surface area contributed by atoms with E-state index in [1.54, 1.807) is 6.92 Å². The van der Waals surface area contributed by atoms with Gasteiger partial charge in [0.2, 0.25) is 5.88 Å². The Kier molecular flexibility index (Phi) is 6.42. The molecule has 0 radical (unpaired) electrons. The second-order valence-corrected chi connectivity index (χ2v) is 11.2. The molecule has 0 aromatic carbocycles. The number of rotatable bonds is 6. The van der Waals surface area contributed by atoms with E-state index in [2.05, 4.69) is 30.3 Å². The number of pyridine rings is 1. The predicted molar refractivity (Wildman–Crippen MR) is 119 cm³/mol. The number of ether oxygens (including phenoxy) is 1. The van der Waals surface area contributed by atoms with Gasteiger partial charge in [-0.1, -0.05) is 0 Å². The lowest BCUT2D eigenvalue weighted by Gasteiger charge is -2.34. The van der Waals surface area contributed by atoms with Crippen LogP contribution in [-0.4, -0.2) is 62.9 Å². The highest BCUT2D eigenvalue weighted by atomic mass is 32.2. The van der Waals surface area contributed by atoms with Crippen molar-refractivity contribution in [3.63, 3.8) is 0 Å². The molecule has 0 unspecified atom stereocenters. The minimum atomic E-state index is -3.14. The molecule has 14 heteroatoms. The lowest BCUT2D eigenvalue weighted by atomic mass is 9.94. The van der Waals surface area contributed by atoms with E-state index in [-0.39, 0.29) is 52.9 Å². The molecule has 1 fully saturated rings. The number of hydrogen-bond donors (Lipinski definition) is 1. The Morgan fingerprint density at radius 2 is 1.89 bits per heavy atom. The summed E-state index contributed by atoms with van der Waals surface area (Å²) in [5.41, 5.74) is -0.363. The van der Waals surface area contributed by atoms with Gasteiger partial charge in [-0.15, -0.1) is 10.2 Å². The Labute approximate surface area is 198 Å². The Bertz CT molecular complexity index is 1380. The van der Waals surface area contributed by atoms with E-state index in [1.807, 2.05) is 13.8 Å².